The minimum absolute atomic E-state index is 0.0276. The molecular formula is C23H19ClN2O3. The van der Waals surface area contributed by atoms with Crippen molar-refractivity contribution in [3.05, 3.63) is 82.6 Å². The number of carbonyl (C=O) groups excluding carboxylic acids is 2. The quantitative estimate of drug-likeness (QED) is 0.457. The van der Waals surface area contributed by atoms with E-state index < -0.39 is 12.0 Å². The molecule has 0 saturated carbocycles. The molecule has 0 radical (unpaired) electrons. The molecule has 4 rings (SSSR count). The molecule has 3 aromatic rings. The Hall–Kier alpha value is -3.18. The minimum Gasteiger partial charge on any atom is -0.461 e. The highest BCUT2D eigenvalue weighted by molar-refractivity contribution is 6.30. The molecule has 2 aromatic carbocycles. The summed E-state index contributed by atoms with van der Waals surface area (Å²) in [6.45, 7) is 1.51. The predicted octanol–water partition coefficient (Wildman–Crippen LogP) is 4.90. The van der Waals surface area contributed by atoms with Gasteiger partial charge in [0.2, 0.25) is 5.91 Å². The highest BCUT2D eigenvalue weighted by Crippen LogP contribution is 2.33. The third-order valence-electron chi connectivity index (χ3n) is 4.97. The Bertz CT molecular complexity index is 1130. The summed E-state index contributed by atoms with van der Waals surface area (Å²) in [4.78, 5) is 30.5. The lowest BCUT2D eigenvalue weighted by Gasteiger charge is -2.32. The lowest BCUT2D eigenvalue weighted by molar-refractivity contribution is -0.146. The van der Waals surface area contributed by atoms with Gasteiger partial charge in [-0.3, -0.25) is 9.59 Å². The summed E-state index contributed by atoms with van der Waals surface area (Å²) in [5.41, 5.74) is 3.35. The van der Waals surface area contributed by atoms with E-state index in [4.69, 9.17) is 16.3 Å². The molecule has 0 fully saturated rings. The van der Waals surface area contributed by atoms with Crippen molar-refractivity contribution >= 4 is 40.5 Å². The first-order valence-corrected chi connectivity index (χ1v) is 9.66. The fourth-order valence-electron chi connectivity index (χ4n) is 3.53. The number of benzene rings is 2. The van der Waals surface area contributed by atoms with Crippen LogP contribution >= 0.6 is 11.6 Å². The van der Waals surface area contributed by atoms with Crippen molar-refractivity contribution in [1.82, 2.24) is 9.88 Å². The normalized spacial score (nSPS) is 15.2. The average Bonchev–Trinajstić information content (AvgIpc) is 2.72. The molecule has 0 N–H and O–H groups in total. The second-order valence-electron chi connectivity index (χ2n) is 6.88. The van der Waals surface area contributed by atoms with Crippen LogP contribution in [0.2, 0.25) is 5.15 Å². The Morgan fingerprint density at radius 2 is 1.90 bits per heavy atom. The first-order valence-electron chi connectivity index (χ1n) is 9.29. The first kappa shape index (κ1) is 19.2. The zero-order chi connectivity index (χ0) is 20.4. The fraction of sp³-hybridized carbons (Fsp3) is 0.174. The molecule has 0 spiro atoms. The summed E-state index contributed by atoms with van der Waals surface area (Å²) in [7, 11) is 0. The van der Waals surface area contributed by atoms with Gasteiger partial charge in [-0.15, -0.1) is 0 Å². The molecule has 2 heterocycles. The van der Waals surface area contributed by atoms with E-state index in [1.807, 2.05) is 60.7 Å². The largest absolute Gasteiger partial charge is 0.461 e. The van der Waals surface area contributed by atoms with Gasteiger partial charge in [-0.1, -0.05) is 54.1 Å². The molecular weight excluding hydrogens is 388 g/mol. The highest BCUT2D eigenvalue weighted by atomic mass is 35.5. The number of hydrogen-bond donors (Lipinski definition) is 0. The van der Waals surface area contributed by atoms with Crippen LogP contribution in [0.3, 0.4) is 0 Å². The number of fused-ring (bicyclic) bond motifs is 2. The van der Waals surface area contributed by atoms with Gasteiger partial charge >= 0.3 is 5.97 Å². The van der Waals surface area contributed by atoms with Gasteiger partial charge in [0.25, 0.3) is 0 Å². The number of nitrogens with zero attached hydrogens (tertiary/aromatic N) is 2. The Morgan fingerprint density at radius 3 is 2.72 bits per heavy atom. The van der Waals surface area contributed by atoms with Crippen LogP contribution in [0.1, 0.15) is 36.1 Å². The van der Waals surface area contributed by atoms with Crippen molar-refractivity contribution in [2.45, 2.75) is 26.0 Å². The number of para-hydroxylation sites is 1. The average molecular weight is 407 g/mol. The van der Waals surface area contributed by atoms with E-state index >= 15 is 0 Å². The molecule has 1 aliphatic rings. The van der Waals surface area contributed by atoms with Gasteiger partial charge in [-0.25, -0.2) is 4.98 Å². The molecule has 5 nitrogen and oxygen atoms in total. The van der Waals surface area contributed by atoms with Crippen molar-refractivity contribution in [1.29, 1.82) is 0 Å². The van der Waals surface area contributed by atoms with Gasteiger partial charge in [-0.2, -0.15) is 0 Å². The predicted molar refractivity (Wildman–Crippen MR) is 112 cm³/mol. The van der Waals surface area contributed by atoms with Crippen LogP contribution in [0, 0.1) is 0 Å². The maximum absolute atomic E-state index is 12.6. The number of carbonyl (C=O) groups is 2. The Kier molecular flexibility index (Phi) is 5.32. The van der Waals surface area contributed by atoms with Crippen LogP contribution in [0.25, 0.3) is 17.0 Å². The topological polar surface area (TPSA) is 59.5 Å². The minimum atomic E-state index is -0.407. The summed E-state index contributed by atoms with van der Waals surface area (Å²) in [6, 6.07) is 16.8. The molecule has 1 atom stereocenters. The van der Waals surface area contributed by atoms with E-state index in [1.54, 1.807) is 11.1 Å². The molecule has 0 aliphatic carbocycles. The van der Waals surface area contributed by atoms with Crippen molar-refractivity contribution in [3.8, 4) is 0 Å². The first-order chi connectivity index (χ1) is 14.0. The highest BCUT2D eigenvalue weighted by Gasteiger charge is 2.28. The van der Waals surface area contributed by atoms with Crippen LogP contribution < -0.4 is 0 Å². The number of pyridine rings is 1. The molecule has 1 aromatic heterocycles. The third kappa shape index (κ3) is 4.00. The second kappa shape index (κ2) is 8.05. The number of esters is 1. The lowest BCUT2D eigenvalue weighted by atomic mass is 9.94. The summed E-state index contributed by atoms with van der Waals surface area (Å²) >= 11 is 6.25. The van der Waals surface area contributed by atoms with Gasteiger partial charge in [-0.05, 0) is 29.3 Å². The number of rotatable bonds is 4. The molecule has 1 aliphatic heterocycles. The lowest BCUT2D eigenvalue weighted by Crippen LogP contribution is -2.32. The number of hydrogen-bond acceptors (Lipinski definition) is 4. The van der Waals surface area contributed by atoms with Gasteiger partial charge in [0.15, 0.2) is 0 Å². The Labute approximate surface area is 173 Å². The molecule has 146 valence electrons. The molecule has 0 bridgehead atoms. The number of amides is 1. The summed E-state index contributed by atoms with van der Waals surface area (Å²) < 4.78 is 5.48. The zero-order valence-corrected chi connectivity index (χ0v) is 16.6. The molecule has 6 heteroatoms. The second-order valence-corrected chi connectivity index (χ2v) is 7.24. The van der Waals surface area contributed by atoms with E-state index in [2.05, 4.69) is 4.98 Å². The van der Waals surface area contributed by atoms with Crippen LogP contribution in [0.5, 0.6) is 0 Å². The number of halogens is 1. The maximum atomic E-state index is 12.6. The Morgan fingerprint density at radius 1 is 1.14 bits per heavy atom. The monoisotopic (exact) mass is 406 g/mol. The van der Waals surface area contributed by atoms with Crippen molar-refractivity contribution < 1.29 is 14.3 Å². The van der Waals surface area contributed by atoms with Gasteiger partial charge < -0.3 is 9.64 Å². The number of ether oxygens (including phenoxy) is 1. The van der Waals surface area contributed by atoms with E-state index in [0.717, 1.165) is 22.0 Å². The van der Waals surface area contributed by atoms with E-state index in [9.17, 15) is 9.59 Å². The molecule has 0 saturated heterocycles. The van der Waals surface area contributed by atoms with Gasteiger partial charge in [0, 0.05) is 24.1 Å². The summed E-state index contributed by atoms with van der Waals surface area (Å²) in [5.74, 6) is -0.536. The van der Waals surface area contributed by atoms with Crippen molar-refractivity contribution in [2.75, 3.05) is 0 Å². The molecule has 0 unspecified atom stereocenters. The molecule has 29 heavy (non-hydrogen) atoms. The number of aromatic nitrogens is 1. The molecule has 1 amide bonds. The van der Waals surface area contributed by atoms with Crippen LogP contribution in [0.4, 0.5) is 0 Å². The van der Waals surface area contributed by atoms with Gasteiger partial charge in [0.05, 0.1) is 18.0 Å². The smallest absolute Gasteiger partial charge is 0.308 e. The van der Waals surface area contributed by atoms with Crippen molar-refractivity contribution in [2.24, 2.45) is 0 Å². The Balaban J connectivity index is 1.50. The summed E-state index contributed by atoms with van der Waals surface area (Å²) in [5, 5.41) is 1.24. The van der Waals surface area contributed by atoms with Crippen LogP contribution in [-0.4, -0.2) is 21.8 Å². The fourth-order valence-corrected chi connectivity index (χ4v) is 3.73. The van der Waals surface area contributed by atoms with Gasteiger partial charge in [0.1, 0.15) is 11.8 Å². The van der Waals surface area contributed by atoms with E-state index in [1.165, 1.54) is 6.92 Å². The van der Waals surface area contributed by atoms with E-state index in [0.29, 0.717) is 10.7 Å². The van der Waals surface area contributed by atoms with E-state index in [-0.39, 0.29) is 18.9 Å². The zero-order valence-electron chi connectivity index (χ0n) is 15.8. The van der Waals surface area contributed by atoms with Crippen LogP contribution in [0.15, 0.2) is 60.8 Å². The van der Waals surface area contributed by atoms with Crippen LogP contribution in [-0.2, 0) is 20.9 Å². The summed E-state index contributed by atoms with van der Waals surface area (Å²) in [6.07, 6.45) is 3.64. The maximum Gasteiger partial charge on any atom is 0.308 e. The van der Waals surface area contributed by atoms with Crippen molar-refractivity contribution in [3.63, 3.8) is 0 Å². The standard InChI is InChI=1S/C23H19ClN2O3/c1-15(27)26-11-10-16-6-2-4-8-19(16)21(26)13-22(28)29-14-18-12-17-7-3-5-9-20(17)25-23(18)24/h2-12,21H,13-14H2,1H3/t21-/m1/s1. The third-order valence-corrected chi connectivity index (χ3v) is 5.30. The SMILES string of the molecule is CC(=O)N1C=Cc2ccccc2[C@H]1CC(=O)OCc1cc2ccccc2nc1Cl.